The number of rotatable bonds is 7. The van der Waals surface area contributed by atoms with Crippen molar-refractivity contribution in [2.45, 2.75) is 84.2 Å². The molecule has 0 aromatic rings. The van der Waals surface area contributed by atoms with Crippen LogP contribution in [0.5, 0.6) is 0 Å². The maximum absolute atomic E-state index is 3.84. The summed E-state index contributed by atoms with van der Waals surface area (Å²) in [6, 6.07) is 1.51. The Kier molecular flexibility index (Phi) is 6.31. The molecule has 1 nitrogen and oxygen atoms in total. The van der Waals surface area contributed by atoms with Crippen LogP contribution in [0.1, 0.15) is 72.1 Å². The highest BCUT2D eigenvalue weighted by Crippen LogP contribution is 2.28. The molecule has 0 aliphatic heterocycles. The van der Waals surface area contributed by atoms with Gasteiger partial charge in [-0.1, -0.05) is 39.5 Å². The van der Waals surface area contributed by atoms with Crippen LogP contribution in [0, 0.1) is 5.92 Å². The van der Waals surface area contributed by atoms with Gasteiger partial charge in [-0.15, -0.1) is 0 Å². The zero-order valence-corrected chi connectivity index (χ0v) is 10.9. The van der Waals surface area contributed by atoms with E-state index in [1.165, 1.54) is 51.4 Å². The fraction of sp³-hybridized carbons (Fsp3) is 1.00. The van der Waals surface area contributed by atoms with Crippen molar-refractivity contribution in [2.24, 2.45) is 5.92 Å². The first kappa shape index (κ1) is 13.0. The first-order valence-corrected chi connectivity index (χ1v) is 7.04. The minimum Gasteiger partial charge on any atom is -0.311 e. The predicted octanol–water partition coefficient (Wildman–Crippen LogP) is 4.12. The third-order valence-electron chi connectivity index (χ3n) is 4.00. The van der Waals surface area contributed by atoms with E-state index in [0.717, 1.165) is 18.0 Å². The van der Waals surface area contributed by atoms with E-state index < -0.39 is 0 Å². The fourth-order valence-corrected chi connectivity index (χ4v) is 2.82. The van der Waals surface area contributed by atoms with Gasteiger partial charge in [0.05, 0.1) is 0 Å². The second kappa shape index (κ2) is 7.27. The molecule has 0 bridgehead atoms. The highest BCUT2D eigenvalue weighted by atomic mass is 14.9. The molecule has 0 aromatic carbocycles. The Bertz CT molecular complexity index is 149. The lowest BCUT2D eigenvalue weighted by molar-refractivity contribution is 0.322. The normalized spacial score (nSPS) is 21.8. The smallest absolute Gasteiger partial charge is 0.00695 e. The Balaban J connectivity index is 2.23. The van der Waals surface area contributed by atoms with E-state index in [0.29, 0.717) is 0 Å². The van der Waals surface area contributed by atoms with Gasteiger partial charge in [0.15, 0.2) is 0 Å². The standard InChI is InChI=1S/C14H29N/c1-4-6-11-14(5-2)15-12(3)13-9-7-8-10-13/h12-15H,4-11H2,1-3H3. The summed E-state index contributed by atoms with van der Waals surface area (Å²) >= 11 is 0. The molecule has 0 saturated heterocycles. The molecule has 1 heteroatoms. The fourth-order valence-electron chi connectivity index (χ4n) is 2.82. The first-order valence-electron chi connectivity index (χ1n) is 7.04. The monoisotopic (exact) mass is 211 g/mol. The van der Waals surface area contributed by atoms with Gasteiger partial charge in [0.25, 0.3) is 0 Å². The zero-order valence-electron chi connectivity index (χ0n) is 10.9. The molecule has 15 heavy (non-hydrogen) atoms. The van der Waals surface area contributed by atoms with Crippen molar-refractivity contribution in [1.29, 1.82) is 0 Å². The molecule has 1 aliphatic carbocycles. The van der Waals surface area contributed by atoms with E-state index >= 15 is 0 Å². The first-order chi connectivity index (χ1) is 7.27. The Morgan fingerprint density at radius 2 is 1.87 bits per heavy atom. The Hall–Kier alpha value is -0.0400. The lowest BCUT2D eigenvalue weighted by atomic mass is 9.97. The summed E-state index contributed by atoms with van der Waals surface area (Å²) in [6.07, 6.45) is 11.2. The number of nitrogens with one attached hydrogen (secondary N) is 1. The van der Waals surface area contributed by atoms with Gasteiger partial charge in [-0.05, 0) is 38.5 Å². The molecule has 2 atom stereocenters. The third-order valence-corrected chi connectivity index (χ3v) is 4.00. The van der Waals surface area contributed by atoms with Crippen molar-refractivity contribution in [1.82, 2.24) is 5.32 Å². The lowest BCUT2D eigenvalue weighted by Crippen LogP contribution is -2.40. The van der Waals surface area contributed by atoms with Crippen LogP contribution in [-0.4, -0.2) is 12.1 Å². The van der Waals surface area contributed by atoms with Crippen LogP contribution in [0.15, 0.2) is 0 Å². The zero-order chi connectivity index (χ0) is 11.1. The van der Waals surface area contributed by atoms with Gasteiger partial charge in [-0.3, -0.25) is 0 Å². The topological polar surface area (TPSA) is 12.0 Å². The van der Waals surface area contributed by atoms with Crippen LogP contribution >= 0.6 is 0 Å². The molecule has 0 amide bonds. The summed E-state index contributed by atoms with van der Waals surface area (Å²) < 4.78 is 0. The molecule has 0 spiro atoms. The molecule has 0 heterocycles. The van der Waals surface area contributed by atoms with Crippen molar-refractivity contribution in [2.75, 3.05) is 0 Å². The molecule has 1 saturated carbocycles. The van der Waals surface area contributed by atoms with Gasteiger partial charge >= 0.3 is 0 Å². The van der Waals surface area contributed by atoms with Crippen molar-refractivity contribution in [3.63, 3.8) is 0 Å². The Labute approximate surface area is 96.0 Å². The van der Waals surface area contributed by atoms with Crippen molar-refractivity contribution < 1.29 is 0 Å². The maximum Gasteiger partial charge on any atom is 0.00695 e. The van der Waals surface area contributed by atoms with Gasteiger partial charge in [0.1, 0.15) is 0 Å². The number of hydrogen-bond acceptors (Lipinski definition) is 1. The summed E-state index contributed by atoms with van der Waals surface area (Å²) in [7, 11) is 0. The van der Waals surface area contributed by atoms with E-state index in [-0.39, 0.29) is 0 Å². The highest BCUT2D eigenvalue weighted by molar-refractivity contribution is 4.80. The molecule has 2 unspecified atom stereocenters. The molecule has 90 valence electrons. The molecule has 0 radical (unpaired) electrons. The Morgan fingerprint density at radius 3 is 2.40 bits per heavy atom. The van der Waals surface area contributed by atoms with Crippen LogP contribution in [0.4, 0.5) is 0 Å². The molecule has 1 rings (SSSR count). The number of hydrogen-bond donors (Lipinski definition) is 1. The van der Waals surface area contributed by atoms with Gasteiger partial charge < -0.3 is 5.32 Å². The van der Waals surface area contributed by atoms with E-state index in [4.69, 9.17) is 0 Å². The van der Waals surface area contributed by atoms with Crippen LogP contribution in [0.3, 0.4) is 0 Å². The average molecular weight is 211 g/mol. The molecule has 1 N–H and O–H groups in total. The maximum atomic E-state index is 3.84. The molecule has 1 fully saturated rings. The summed E-state index contributed by atoms with van der Waals surface area (Å²) in [5, 5.41) is 3.84. The van der Waals surface area contributed by atoms with Crippen LogP contribution in [0.25, 0.3) is 0 Å². The van der Waals surface area contributed by atoms with E-state index in [1.54, 1.807) is 0 Å². The summed E-state index contributed by atoms with van der Waals surface area (Å²) in [4.78, 5) is 0. The lowest BCUT2D eigenvalue weighted by Gasteiger charge is -2.26. The van der Waals surface area contributed by atoms with Crippen molar-refractivity contribution >= 4 is 0 Å². The summed E-state index contributed by atoms with van der Waals surface area (Å²) in [5.74, 6) is 0.959. The molecular formula is C14H29N. The van der Waals surface area contributed by atoms with Gasteiger partial charge in [-0.2, -0.15) is 0 Å². The highest BCUT2D eigenvalue weighted by Gasteiger charge is 2.22. The summed E-state index contributed by atoms with van der Waals surface area (Å²) in [6.45, 7) is 6.99. The molecule has 0 aromatic heterocycles. The van der Waals surface area contributed by atoms with Gasteiger partial charge in [0.2, 0.25) is 0 Å². The largest absolute Gasteiger partial charge is 0.311 e. The van der Waals surface area contributed by atoms with Crippen molar-refractivity contribution in [3.8, 4) is 0 Å². The number of unbranched alkanes of at least 4 members (excludes halogenated alkanes) is 1. The minimum absolute atomic E-state index is 0.745. The SMILES string of the molecule is CCCCC(CC)NC(C)C1CCCC1. The molecular weight excluding hydrogens is 182 g/mol. The van der Waals surface area contributed by atoms with Crippen LogP contribution in [0.2, 0.25) is 0 Å². The van der Waals surface area contributed by atoms with E-state index in [2.05, 4.69) is 26.1 Å². The predicted molar refractivity (Wildman–Crippen MR) is 68.2 cm³/mol. The average Bonchev–Trinajstić information content (AvgIpc) is 2.77. The molecule has 1 aliphatic rings. The second-order valence-electron chi connectivity index (χ2n) is 5.25. The van der Waals surface area contributed by atoms with Gasteiger partial charge in [-0.25, -0.2) is 0 Å². The van der Waals surface area contributed by atoms with E-state index in [9.17, 15) is 0 Å². The quantitative estimate of drug-likeness (QED) is 0.668. The van der Waals surface area contributed by atoms with Crippen molar-refractivity contribution in [3.05, 3.63) is 0 Å². The van der Waals surface area contributed by atoms with Crippen LogP contribution < -0.4 is 5.32 Å². The Morgan fingerprint density at radius 1 is 1.20 bits per heavy atom. The van der Waals surface area contributed by atoms with Crippen LogP contribution in [-0.2, 0) is 0 Å². The second-order valence-corrected chi connectivity index (χ2v) is 5.25. The van der Waals surface area contributed by atoms with Gasteiger partial charge in [0, 0.05) is 12.1 Å². The minimum atomic E-state index is 0.745. The summed E-state index contributed by atoms with van der Waals surface area (Å²) in [5.41, 5.74) is 0. The third kappa shape index (κ3) is 4.55. The van der Waals surface area contributed by atoms with E-state index in [1.807, 2.05) is 0 Å².